The molecule has 47 heavy (non-hydrogen) atoms. The molecule has 7 rings (SSSR count). The van der Waals surface area contributed by atoms with Crippen molar-refractivity contribution in [2.24, 2.45) is 5.92 Å². The van der Waals surface area contributed by atoms with Crippen molar-refractivity contribution in [3.05, 3.63) is 63.5 Å². The molecule has 1 aromatic carbocycles. The molecule has 0 amide bonds. The molecule has 256 valence electrons. The number of piperidine rings is 1. The maximum absolute atomic E-state index is 16.2. The number of benzene rings is 1. The summed E-state index contributed by atoms with van der Waals surface area (Å²) in [5.41, 5.74) is -0.446. The van der Waals surface area contributed by atoms with Crippen molar-refractivity contribution in [2.45, 2.75) is 106 Å². The second-order valence-electron chi connectivity index (χ2n) is 13.5. The molecule has 4 aliphatic rings. The van der Waals surface area contributed by atoms with E-state index in [4.69, 9.17) is 9.47 Å². The van der Waals surface area contributed by atoms with Crippen LogP contribution in [0, 0.1) is 11.7 Å². The van der Waals surface area contributed by atoms with Crippen LogP contribution >= 0.6 is 22.6 Å². The van der Waals surface area contributed by atoms with Crippen LogP contribution in [0.15, 0.2) is 35.4 Å². The Hall–Kier alpha value is -2.29. The summed E-state index contributed by atoms with van der Waals surface area (Å²) in [5.74, 6) is -4.78. The summed E-state index contributed by atoms with van der Waals surface area (Å²) >= 11 is 2.02. The fraction of sp³-hybridized carbons (Fsp3) is 0.629. The summed E-state index contributed by atoms with van der Waals surface area (Å²) in [6, 6.07) is 6.30. The van der Waals surface area contributed by atoms with Crippen LogP contribution in [0.1, 0.15) is 92.4 Å². The highest BCUT2D eigenvalue weighted by Gasteiger charge is 2.47. The van der Waals surface area contributed by atoms with Crippen LogP contribution < -0.4 is 10.9 Å². The molecule has 4 aliphatic heterocycles. The number of pyridine rings is 1. The van der Waals surface area contributed by atoms with Gasteiger partial charge in [0, 0.05) is 63.3 Å². The molecule has 0 spiro atoms. The smallest absolute Gasteiger partial charge is 0.278 e. The lowest BCUT2D eigenvalue weighted by Crippen LogP contribution is -2.48. The predicted octanol–water partition coefficient (Wildman–Crippen LogP) is 7.67. The Morgan fingerprint density at radius 3 is 2.53 bits per heavy atom. The van der Waals surface area contributed by atoms with Gasteiger partial charge in [0.25, 0.3) is 11.5 Å². The van der Waals surface area contributed by atoms with Crippen LogP contribution in [0.25, 0.3) is 11.0 Å². The number of fused-ring (bicyclic) bond motifs is 9. The van der Waals surface area contributed by atoms with Crippen LogP contribution in [-0.4, -0.2) is 58.4 Å². The fourth-order valence-electron chi connectivity index (χ4n) is 7.94. The zero-order chi connectivity index (χ0) is 33.3. The quantitative estimate of drug-likeness (QED) is 0.163. The fourth-order valence-corrected chi connectivity index (χ4v) is 8.72. The number of hydrogen-bond acceptors (Lipinski definition) is 7. The number of methoxy groups -OCH3 is 1. The summed E-state index contributed by atoms with van der Waals surface area (Å²) in [5, 5.41) is 3.86. The van der Waals surface area contributed by atoms with Gasteiger partial charge in [0.1, 0.15) is 33.3 Å². The molecule has 0 aliphatic carbocycles. The van der Waals surface area contributed by atoms with Crippen LogP contribution in [0.4, 0.5) is 19.0 Å². The standard InChI is InChI=1S/C35H45F3IN5O3/c1-22-9-6-4-5-7-15-44-32-26(20-28(33(44)45)34(46-3)13-17-47-18-14-34)31(40-21-41-32)42-30(39)25-10-8-11-27(29(25)36)35(37,38)24-12-16-43(22)23(2)19-24/h8,10-11,20-24,30H,4-7,9,12-19H2,1-3H3,(H,40,41,42)/t22?,23?,24?,30-/m0/s1. The maximum Gasteiger partial charge on any atom is 0.278 e. The maximum atomic E-state index is 16.2. The molecule has 1 N–H and O–H groups in total. The molecule has 4 unspecified atom stereocenters. The van der Waals surface area contributed by atoms with E-state index in [9.17, 15) is 4.79 Å². The van der Waals surface area contributed by atoms with E-state index in [-0.39, 0.29) is 23.2 Å². The first-order valence-electron chi connectivity index (χ1n) is 16.9. The minimum Gasteiger partial charge on any atom is -0.381 e. The molecule has 3 aromatic rings. The number of rotatable bonds is 2. The van der Waals surface area contributed by atoms with Crippen molar-refractivity contribution in [3.8, 4) is 0 Å². The first-order chi connectivity index (χ1) is 22.6. The molecule has 2 saturated heterocycles. The molecule has 12 heteroatoms. The molecule has 0 saturated carbocycles. The highest BCUT2D eigenvalue weighted by molar-refractivity contribution is 14.1. The van der Waals surface area contributed by atoms with Crippen LogP contribution in [0.2, 0.25) is 0 Å². The molecule has 6 heterocycles. The van der Waals surface area contributed by atoms with Crippen molar-refractivity contribution in [1.82, 2.24) is 19.4 Å². The van der Waals surface area contributed by atoms with E-state index in [1.54, 1.807) is 17.7 Å². The van der Waals surface area contributed by atoms with Crippen molar-refractivity contribution in [2.75, 3.05) is 32.2 Å². The highest BCUT2D eigenvalue weighted by Crippen LogP contribution is 2.46. The molecule has 8 nitrogen and oxygen atoms in total. The Bertz CT molecular complexity index is 1630. The summed E-state index contributed by atoms with van der Waals surface area (Å²) < 4.78 is 61.1. The number of hydrogen-bond donors (Lipinski definition) is 1. The average Bonchev–Trinajstić information content (AvgIpc) is 3.06. The number of anilines is 1. The summed E-state index contributed by atoms with van der Waals surface area (Å²) in [7, 11) is 1.62. The van der Waals surface area contributed by atoms with Crippen molar-refractivity contribution < 1.29 is 22.6 Å². The molecule has 5 atom stereocenters. The van der Waals surface area contributed by atoms with Crippen LogP contribution in [0.5, 0.6) is 0 Å². The zero-order valence-electron chi connectivity index (χ0n) is 27.4. The van der Waals surface area contributed by atoms with E-state index < -0.39 is 32.9 Å². The third kappa shape index (κ3) is 6.68. The predicted molar refractivity (Wildman–Crippen MR) is 185 cm³/mol. The first kappa shape index (κ1) is 34.6. The van der Waals surface area contributed by atoms with Gasteiger partial charge in [-0.3, -0.25) is 14.3 Å². The lowest BCUT2D eigenvalue weighted by Gasteiger charge is -2.43. The summed E-state index contributed by atoms with van der Waals surface area (Å²) in [6.45, 7) is 6.17. The van der Waals surface area contributed by atoms with Crippen LogP contribution in [0.3, 0.4) is 0 Å². The topological polar surface area (TPSA) is 81.5 Å². The van der Waals surface area contributed by atoms with E-state index in [0.29, 0.717) is 74.4 Å². The number of nitrogens with zero attached hydrogens (tertiary/aromatic N) is 4. The van der Waals surface area contributed by atoms with Gasteiger partial charge in [-0.2, -0.15) is 0 Å². The number of ether oxygens (including phenoxy) is 2. The summed E-state index contributed by atoms with van der Waals surface area (Å²) in [6.07, 6.45) is 7.79. The van der Waals surface area contributed by atoms with Gasteiger partial charge in [0.05, 0.1) is 16.5 Å². The van der Waals surface area contributed by atoms with Crippen molar-refractivity contribution in [3.63, 3.8) is 0 Å². The number of aryl methyl sites for hydroxylation is 1. The third-order valence-electron chi connectivity index (χ3n) is 10.7. The molecule has 0 radical (unpaired) electrons. The van der Waals surface area contributed by atoms with E-state index in [2.05, 4.69) is 27.1 Å². The average molecular weight is 768 g/mol. The monoisotopic (exact) mass is 767 g/mol. The van der Waals surface area contributed by atoms with E-state index in [1.807, 2.05) is 29.5 Å². The lowest BCUT2D eigenvalue weighted by atomic mass is 9.82. The molecular weight excluding hydrogens is 722 g/mol. The lowest BCUT2D eigenvalue weighted by molar-refractivity contribution is -0.100. The Morgan fingerprint density at radius 2 is 1.79 bits per heavy atom. The van der Waals surface area contributed by atoms with Gasteiger partial charge in [-0.25, -0.2) is 23.1 Å². The van der Waals surface area contributed by atoms with Gasteiger partial charge >= 0.3 is 0 Å². The Balaban J connectivity index is 1.45. The minimum absolute atomic E-state index is 0.0220. The van der Waals surface area contributed by atoms with Gasteiger partial charge in [-0.1, -0.05) is 60.1 Å². The number of alkyl halides is 3. The van der Waals surface area contributed by atoms with Crippen molar-refractivity contribution in [1.29, 1.82) is 0 Å². The SMILES string of the molecule is COC1(c2cc3c4ncnc3n(c2=O)CCCCCCC(C)N2CCC(CC2C)C(F)(F)c2cccc(c2F)[C@@H](I)N4)CCOCC1. The number of aromatic nitrogens is 3. The number of nitrogens with one attached hydrogen (secondary N) is 1. The second kappa shape index (κ2) is 14.3. The van der Waals surface area contributed by atoms with Gasteiger partial charge < -0.3 is 14.8 Å². The molecular formula is C35H45F3IN5O3. The van der Waals surface area contributed by atoms with Gasteiger partial charge in [0.2, 0.25) is 0 Å². The summed E-state index contributed by atoms with van der Waals surface area (Å²) in [4.78, 5) is 25.6. The molecule has 8 bridgehead atoms. The second-order valence-corrected chi connectivity index (χ2v) is 14.7. The molecule has 2 aromatic heterocycles. The van der Waals surface area contributed by atoms with Gasteiger partial charge in [0.15, 0.2) is 0 Å². The van der Waals surface area contributed by atoms with Crippen LogP contribution in [-0.2, 0) is 27.5 Å². The molecule has 2 fully saturated rings. The Kier molecular flexibility index (Phi) is 10.5. The Labute approximate surface area is 288 Å². The first-order valence-corrected chi connectivity index (χ1v) is 18.2. The zero-order valence-corrected chi connectivity index (χ0v) is 29.6. The van der Waals surface area contributed by atoms with Gasteiger partial charge in [-0.05, 0) is 52.1 Å². The highest BCUT2D eigenvalue weighted by atomic mass is 127. The minimum atomic E-state index is -3.32. The van der Waals surface area contributed by atoms with E-state index in [1.165, 1.54) is 24.5 Å². The largest absolute Gasteiger partial charge is 0.381 e. The van der Waals surface area contributed by atoms with Gasteiger partial charge in [-0.15, -0.1) is 0 Å². The Morgan fingerprint density at radius 1 is 1.02 bits per heavy atom. The van der Waals surface area contributed by atoms with Crippen molar-refractivity contribution >= 4 is 39.4 Å². The van der Waals surface area contributed by atoms with E-state index >= 15 is 13.2 Å². The normalized spacial score (nSPS) is 28.4. The number of halogens is 4. The van der Waals surface area contributed by atoms with E-state index in [0.717, 1.165) is 32.1 Å². The third-order valence-corrected chi connectivity index (χ3v) is 11.7.